The summed E-state index contributed by atoms with van der Waals surface area (Å²) in [4.78, 5) is 31.5. The van der Waals surface area contributed by atoms with E-state index in [-0.39, 0.29) is 12.4 Å². The van der Waals surface area contributed by atoms with Crippen molar-refractivity contribution in [2.75, 3.05) is 12.4 Å². The van der Waals surface area contributed by atoms with Crippen molar-refractivity contribution in [3.05, 3.63) is 4.91 Å². The maximum absolute atomic E-state index is 11.1. The molecule has 0 radical (unpaired) electrons. The van der Waals surface area contributed by atoms with Crippen molar-refractivity contribution in [3.63, 3.8) is 0 Å². The molecule has 0 fully saturated rings. The molecule has 3 N–H and O–H groups in total. The number of aliphatic carboxylic acids is 1. The Bertz CT molecular complexity index is 235. The Labute approximate surface area is 84.7 Å². The predicted molar refractivity (Wildman–Crippen MR) is 48.5 cm³/mol. The zero-order valence-electron chi connectivity index (χ0n) is 7.22. The van der Waals surface area contributed by atoms with Crippen molar-refractivity contribution in [2.45, 2.75) is 12.5 Å². The van der Waals surface area contributed by atoms with Crippen LogP contribution >= 0.6 is 11.6 Å². The molecule has 0 saturated carbocycles. The standard InChI is InChI=1S/C6H10ClN3O4/c7-1-2-10(9-14)5(11)3-4(8)6(12)13/h4H,1-3,8H2,(H,12,13)/t4-/m0/s1. The van der Waals surface area contributed by atoms with Gasteiger partial charge in [0.2, 0.25) is 5.91 Å². The SMILES string of the molecule is N[C@@H](CC(=O)N(CCCl)N=O)C(=O)O. The molecule has 0 bridgehead atoms. The van der Waals surface area contributed by atoms with Gasteiger partial charge in [0.25, 0.3) is 0 Å². The monoisotopic (exact) mass is 223 g/mol. The van der Waals surface area contributed by atoms with Gasteiger partial charge < -0.3 is 10.8 Å². The summed E-state index contributed by atoms with van der Waals surface area (Å²) < 4.78 is 0. The molecular weight excluding hydrogens is 214 g/mol. The minimum Gasteiger partial charge on any atom is -0.480 e. The fourth-order valence-electron chi connectivity index (χ4n) is 0.672. The molecule has 0 aromatic rings. The fourth-order valence-corrected chi connectivity index (χ4v) is 0.832. The average Bonchev–Trinajstić information content (AvgIpc) is 2.13. The summed E-state index contributed by atoms with van der Waals surface area (Å²) >= 11 is 5.28. The number of nitrogens with two attached hydrogens (primary N) is 1. The first-order chi connectivity index (χ1) is 6.52. The van der Waals surface area contributed by atoms with Crippen LogP contribution in [0, 0.1) is 4.91 Å². The maximum atomic E-state index is 11.1. The highest BCUT2D eigenvalue weighted by molar-refractivity contribution is 6.18. The molecule has 0 spiro atoms. The van der Waals surface area contributed by atoms with E-state index in [1.54, 1.807) is 0 Å². The number of nitroso groups, excluding NO2 is 1. The number of rotatable bonds is 6. The number of alkyl halides is 1. The summed E-state index contributed by atoms with van der Waals surface area (Å²) in [5.41, 5.74) is 5.08. The van der Waals surface area contributed by atoms with Gasteiger partial charge in [-0.2, -0.15) is 5.01 Å². The molecule has 0 heterocycles. The zero-order valence-corrected chi connectivity index (χ0v) is 7.98. The van der Waals surface area contributed by atoms with Gasteiger partial charge >= 0.3 is 5.97 Å². The number of carbonyl (C=O) groups excluding carboxylic acids is 1. The van der Waals surface area contributed by atoms with Crippen molar-refractivity contribution in [3.8, 4) is 0 Å². The summed E-state index contributed by atoms with van der Waals surface area (Å²) in [6.07, 6.45) is -0.474. The van der Waals surface area contributed by atoms with Crippen LogP contribution < -0.4 is 5.73 Å². The minimum absolute atomic E-state index is 0.0415. The van der Waals surface area contributed by atoms with Gasteiger partial charge in [-0.25, -0.2) is 0 Å². The van der Waals surface area contributed by atoms with Crippen LogP contribution in [0.1, 0.15) is 6.42 Å². The van der Waals surface area contributed by atoms with Gasteiger partial charge in [0.15, 0.2) is 0 Å². The van der Waals surface area contributed by atoms with Crippen LogP contribution in [0.25, 0.3) is 0 Å². The van der Waals surface area contributed by atoms with Crippen molar-refractivity contribution >= 4 is 23.5 Å². The summed E-state index contributed by atoms with van der Waals surface area (Å²) in [5, 5.41) is 11.3. The normalized spacial score (nSPS) is 11.9. The van der Waals surface area contributed by atoms with E-state index in [4.69, 9.17) is 22.4 Å². The highest BCUT2D eigenvalue weighted by atomic mass is 35.5. The lowest BCUT2D eigenvalue weighted by molar-refractivity contribution is -0.142. The van der Waals surface area contributed by atoms with E-state index in [0.717, 1.165) is 0 Å². The largest absolute Gasteiger partial charge is 0.480 e. The Morgan fingerprint density at radius 2 is 2.14 bits per heavy atom. The van der Waals surface area contributed by atoms with Crippen molar-refractivity contribution in [1.29, 1.82) is 0 Å². The zero-order chi connectivity index (χ0) is 11.1. The van der Waals surface area contributed by atoms with E-state index in [9.17, 15) is 14.5 Å². The molecule has 7 nitrogen and oxygen atoms in total. The first-order valence-electron chi connectivity index (χ1n) is 3.71. The third kappa shape index (κ3) is 4.15. The predicted octanol–water partition coefficient (Wildman–Crippen LogP) is -0.463. The molecule has 0 aromatic carbocycles. The second kappa shape index (κ2) is 6.28. The first-order valence-corrected chi connectivity index (χ1v) is 4.24. The van der Waals surface area contributed by atoms with E-state index in [1.807, 2.05) is 0 Å². The molecular formula is C6H10ClN3O4. The van der Waals surface area contributed by atoms with Gasteiger partial charge in [-0.05, 0) is 0 Å². The van der Waals surface area contributed by atoms with E-state index in [2.05, 4.69) is 5.29 Å². The second-order valence-corrected chi connectivity index (χ2v) is 2.81. The maximum Gasteiger partial charge on any atom is 0.321 e. The number of carbonyl (C=O) groups is 2. The molecule has 8 heteroatoms. The first kappa shape index (κ1) is 12.8. The Hall–Kier alpha value is -1.21. The Morgan fingerprint density at radius 3 is 2.50 bits per heavy atom. The van der Waals surface area contributed by atoms with Crippen LogP contribution in [-0.2, 0) is 9.59 Å². The minimum atomic E-state index is -1.33. The Morgan fingerprint density at radius 1 is 1.57 bits per heavy atom. The van der Waals surface area contributed by atoms with Crippen LogP contribution in [0.3, 0.4) is 0 Å². The second-order valence-electron chi connectivity index (χ2n) is 2.44. The van der Waals surface area contributed by atoms with Crippen LogP contribution in [0.5, 0.6) is 0 Å². The summed E-state index contributed by atoms with van der Waals surface area (Å²) in [6, 6.07) is -1.33. The van der Waals surface area contributed by atoms with Crippen molar-refractivity contribution in [2.24, 2.45) is 11.0 Å². The molecule has 0 aromatic heterocycles. The van der Waals surface area contributed by atoms with Crippen molar-refractivity contribution < 1.29 is 14.7 Å². The number of hydrogen-bond acceptors (Lipinski definition) is 5. The molecule has 0 aliphatic carbocycles. The van der Waals surface area contributed by atoms with Crippen LogP contribution in [0.15, 0.2) is 5.29 Å². The highest BCUT2D eigenvalue weighted by Gasteiger charge is 2.21. The van der Waals surface area contributed by atoms with Gasteiger partial charge in [0.05, 0.1) is 18.3 Å². The van der Waals surface area contributed by atoms with E-state index in [0.29, 0.717) is 5.01 Å². The third-order valence-electron chi connectivity index (χ3n) is 1.39. The van der Waals surface area contributed by atoms with Crippen LogP contribution in [0.4, 0.5) is 0 Å². The van der Waals surface area contributed by atoms with Gasteiger partial charge in [0.1, 0.15) is 6.04 Å². The fraction of sp³-hybridized carbons (Fsp3) is 0.667. The van der Waals surface area contributed by atoms with E-state index in [1.165, 1.54) is 0 Å². The Balaban J connectivity index is 4.16. The summed E-state index contributed by atoms with van der Waals surface area (Å²) in [6.45, 7) is -0.0593. The molecule has 0 aliphatic heterocycles. The van der Waals surface area contributed by atoms with Gasteiger partial charge in [0, 0.05) is 5.88 Å². The van der Waals surface area contributed by atoms with Crippen molar-refractivity contribution in [1.82, 2.24) is 5.01 Å². The van der Waals surface area contributed by atoms with E-state index >= 15 is 0 Å². The summed E-state index contributed by atoms with van der Waals surface area (Å²) in [5.74, 6) is -2.02. The quantitative estimate of drug-likeness (QED) is 0.359. The lowest BCUT2D eigenvalue weighted by Gasteiger charge is -2.12. The van der Waals surface area contributed by atoms with Gasteiger partial charge in [-0.15, -0.1) is 16.5 Å². The number of nitrogens with zero attached hydrogens (tertiary/aromatic N) is 2. The summed E-state index contributed by atoms with van der Waals surface area (Å²) in [7, 11) is 0. The number of amides is 1. The molecule has 0 aliphatic rings. The lowest BCUT2D eigenvalue weighted by Crippen LogP contribution is -2.37. The number of hydrogen-bond donors (Lipinski definition) is 2. The molecule has 0 rings (SSSR count). The smallest absolute Gasteiger partial charge is 0.321 e. The number of carboxylic acids is 1. The molecule has 1 atom stereocenters. The van der Waals surface area contributed by atoms with Crippen LogP contribution in [-0.4, -0.2) is 40.5 Å². The van der Waals surface area contributed by atoms with Gasteiger partial charge in [-0.1, -0.05) is 0 Å². The molecule has 0 unspecified atom stereocenters. The Kier molecular flexibility index (Phi) is 5.73. The molecule has 80 valence electrons. The van der Waals surface area contributed by atoms with Gasteiger partial charge in [-0.3, -0.25) is 9.59 Å². The van der Waals surface area contributed by atoms with E-state index < -0.39 is 24.3 Å². The lowest BCUT2D eigenvalue weighted by atomic mass is 10.2. The topological polar surface area (TPSA) is 113 Å². The molecule has 1 amide bonds. The molecule has 0 saturated heterocycles. The molecule has 14 heavy (non-hydrogen) atoms. The van der Waals surface area contributed by atoms with Crippen LogP contribution in [0.2, 0.25) is 0 Å². The average molecular weight is 224 g/mol. The third-order valence-corrected chi connectivity index (χ3v) is 1.56. The highest BCUT2D eigenvalue weighted by Crippen LogP contribution is 1.99. The number of halogens is 1. The number of carboxylic acid groups (broad SMARTS) is 1.